The van der Waals surface area contributed by atoms with Crippen LogP contribution in [0.25, 0.3) is 0 Å². The first kappa shape index (κ1) is 13.1. The van der Waals surface area contributed by atoms with E-state index >= 15 is 0 Å². The lowest BCUT2D eigenvalue weighted by atomic mass is 9.99. The Morgan fingerprint density at radius 3 is 2.81 bits per heavy atom. The largest absolute Gasteiger partial charge is 0.391 e. The van der Waals surface area contributed by atoms with E-state index in [1.54, 1.807) is 26.2 Å². The summed E-state index contributed by atoms with van der Waals surface area (Å²) in [5, 5.41) is 14.6. The summed E-state index contributed by atoms with van der Waals surface area (Å²) in [4.78, 5) is 15.8. The number of rotatable bonds is 4. The van der Waals surface area contributed by atoms with Crippen molar-refractivity contribution in [3.63, 3.8) is 0 Å². The van der Waals surface area contributed by atoms with E-state index in [1.165, 1.54) is 11.3 Å². The van der Waals surface area contributed by atoms with Crippen molar-refractivity contribution in [3.05, 3.63) is 16.1 Å². The molecule has 1 aromatic rings. The second kappa shape index (κ2) is 4.90. The first-order chi connectivity index (χ1) is 7.36. The van der Waals surface area contributed by atoms with Crippen molar-refractivity contribution in [2.75, 3.05) is 0 Å². The molecule has 1 heterocycles. The fraction of sp³-hybridized carbons (Fsp3) is 0.600. The second-order valence-corrected chi connectivity index (χ2v) is 5.13. The summed E-state index contributed by atoms with van der Waals surface area (Å²) in [6.07, 6.45) is -0.635. The summed E-state index contributed by atoms with van der Waals surface area (Å²) in [5.74, 6) is -0.290. The van der Waals surface area contributed by atoms with Gasteiger partial charge < -0.3 is 16.2 Å². The minimum Gasteiger partial charge on any atom is -0.391 e. The topological polar surface area (TPSA) is 88.2 Å². The average molecular weight is 243 g/mol. The van der Waals surface area contributed by atoms with Gasteiger partial charge in [0, 0.05) is 11.9 Å². The number of amides is 1. The quantitative estimate of drug-likeness (QED) is 0.718. The number of carbonyl (C=O) groups excluding carboxylic acids is 1. The van der Waals surface area contributed by atoms with Crippen molar-refractivity contribution in [1.29, 1.82) is 0 Å². The molecule has 0 aliphatic carbocycles. The zero-order valence-corrected chi connectivity index (χ0v) is 10.5. The highest BCUT2D eigenvalue weighted by molar-refractivity contribution is 7.09. The molecular weight excluding hydrogens is 226 g/mol. The van der Waals surface area contributed by atoms with Gasteiger partial charge in [-0.15, -0.1) is 11.3 Å². The van der Waals surface area contributed by atoms with E-state index < -0.39 is 11.6 Å². The van der Waals surface area contributed by atoms with Crippen molar-refractivity contribution in [2.24, 2.45) is 5.73 Å². The summed E-state index contributed by atoms with van der Waals surface area (Å²) in [6.45, 7) is 5.47. The van der Waals surface area contributed by atoms with Gasteiger partial charge in [-0.3, -0.25) is 4.79 Å². The number of nitrogens with zero attached hydrogens (tertiary/aromatic N) is 1. The Bertz CT molecular complexity index is 374. The van der Waals surface area contributed by atoms with Gasteiger partial charge >= 0.3 is 0 Å². The van der Waals surface area contributed by atoms with Crippen molar-refractivity contribution in [1.82, 2.24) is 10.3 Å². The van der Waals surface area contributed by atoms with Crippen LogP contribution in [0.4, 0.5) is 0 Å². The number of hydrogen-bond donors (Lipinski definition) is 3. The number of aliphatic hydroxyl groups excluding tert-OH is 1. The number of nitrogens with two attached hydrogens (primary N) is 1. The standard InChI is InChI=1S/C10H17N3O2S/c1-6(14)10(2,3)13-9(15)7-5-16-8(4-11)12-7/h5-6,14H,4,11H2,1-3H3,(H,13,15). The normalized spacial score (nSPS) is 13.6. The number of aliphatic hydroxyl groups is 1. The van der Waals surface area contributed by atoms with E-state index in [4.69, 9.17) is 5.73 Å². The minimum atomic E-state index is -0.677. The van der Waals surface area contributed by atoms with Crippen LogP contribution >= 0.6 is 11.3 Å². The molecule has 16 heavy (non-hydrogen) atoms. The lowest BCUT2D eigenvalue weighted by Crippen LogP contribution is -2.51. The fourth-order valence-electron chi connectivity index (χ4n) is 0.970. The summed E-state index contributed by atoms with van der Waals surface area (Å²) in [6, 6.07) is 0. The van der Waals surface area contributed by atoms with Crippen LogP contribution in [0.5, 0.6) is 0 Å². The zero-order valence-electron chi connectivity index (χ0n) is 9.65. The Hall–Kier alpha value is -0.980. The van der Waals surface area contributed by atoms with Crippen molar-refractivity contribution in [2.45, 2.75) is 39.0 Å². The molecule has 0 fully saturated rings. The molecule has 0 aromatic carbocycles. The van der Waals surface area contributed by atoms with Crippen LogP contribution in [0.2, 0.25) is 0 Å². The van der Waals surface area contributed by atoms with Crippen LogP contribution in [-0.2, 0) is 6.54 Å². The molecule has 4 N–H and O–H groups in total. The highest BCUT2D eigenvalue weighted by Gasteiger charge is 2.27. The number of thiazole rings is 1. The van der Waals surface area contributed by atoms with Gasteiger partial charge in [-0.1, -0.05) is 0 Å². The monoisotopic (exact) mass is 243 g/mol. The number of hydrogen-bond acceptors (Lipinski definition) is 5. The fourth-order valence-corrected chi connectivity index (χ4v) is 1.62. The molecule has 90 valence electrons. The highest BCUT2D eigenvalue weighted by Crippen LogP contribution is 2.12. The van der Waals surface area contributed by atoms with Crippen molar-refractivity contribution >= 4 is 17.2 Å². The van der Waals surface area contributed by atoms with E-state index in [0.29, 0.717) is 12.2 Å². The predicted molar refractivity (Wildman–Crippen MR) is 63.2 cm³/mol. The van der Waals surface area contributed by atoms with Crippen LogP contribution in [0.3, 0.4) is 0 Å². The molecule has 1 atom stereocenters. The molecule has 1 rings (SSSR count). The summed E-state index contributed by atoms with van der Waals surface area (Å²) < 4.78 is 0. The first-order valence-electron chi connectivity index (χ1n) is 5.02. The third-order valence-corrected chi connectivity index (χ3v) is 3.31. The average Bonchev–Trinajstić information content (AvgIpc) is 2.64. The van der Waals surface area contributed by atoms with Crippen LogP contribution in [0, 0.1) is 0 Å². The molecule has 1 unspecified atom stereocenters. The number of nitrogens with one attached hydrogen (secondary N) is 1. The molecule has 1 aromatic heterocycles. The van der Waals surface area contributed by atoms with Gasteiger partial charge in [-0.2, -0.15) is 0 Å². The maximum atomic E-state index is 11.8. The number of aromatic nitrogens is 1. The smallest absolute Gasteiger partial charge is 0.271 e. The molecule has 0 saturated heterocycles. The molecule has 0 radical (unpaired) electrons. The maximum Gasteiger partial charge on any atom is 0.271 e. The predicted octanol–water partition coefficient (Wildman–Crippen LogP) is 0.491. The van der Waals surface area contributed by atoms with Crippen LogP contribution in [-0.4, -0.2) is 27.6 Å². The second-order valence-electron chi connectivity index (χ2n) is 4.18. The van der Waals surface area contributed by atoms with Gasteiger partial charge in [0.2, 0.25) is 0 Å². The third-order valence-electron chi connectivity index (χ3n) is 2.44. The van der Waals surface area contributed by atoms with Crippen molar-refractivity contribution < 1.29 is 9.90 Å². The lowest BCUT2D eigenvalue weighted by Gasteiger charge is -2.28. The third kappa shape index (κ3) is 3.01. The molecule has 6 heteroatoms. The highest BCUT2D eigenvalue weighted by atomic mass is 32.1. The van der Waals surface area contributed by atoms with E-state index in [2.05, 4.69) is 10.3 Å². The van der Waals surface area contributed by atoms with E-state index in [9.17, 15) is 9.90 Å². The molecule has 5 nitrogen and oxygen atoms in total. The van der Waals surface area contributed by atoms with Crippen LogP contribution in [0.1, 0.15) is 36.3 Å². The Kier molecular flexibility index (Phi) is 4.01. The maximum absolute atomic E-state index is 11.8. The van der Waals surface area contributed by atoms with Gasteiger partial charge in [0.25, 0.3) is 5.91 Å². The van der Waals surface area contributed by atoms with Crippen LogP contribution in [0.15, 0.2) is 5.38 Å². The summed E-state index contributed by atoms with van der Waals surface area (Å²) in [5.41, 5.74) is 5.08. The van der Waals surface area contributed by atoms with E-state index in [-0.39, 0.29) is 5.91 Å². The van der Waals surface area contributed by atoms with Crippen molar-refractivity contribution in [3.8, 4) is 0 Å². The van der Waals surface area contributed by atoms with Gasteiger partial charge in [0.15, 0.2) is 0 Å². The minimum absolute atomic E-state index is 0.290. The van der Waals surface area contributed by atoms with E-state index in [0.717, 1.165) is 5.01 Å². The van der Waals surface area contributed by atoms with Gasteiger partial charge in [0.05, 0.1) is 11.6 Å². The summed E-state index contributed by atoms with van der Waals surface area (Å²) >= 11 is 1.35. The van der Waals surface area contributed by atoms with Gasteiger partial charge in [-0.25, -0.2) is 4.98 Å². The van der Waals surface area contributed by atoms with Gasteiger partial charge in [-0.05, 0) is 20.8 Å². The molecule has 0 aliphatic rings. The Balaban J connectivity index is 2.72. The van der Waals surface area contributed by atoms with Crippen LogP contribution < -0.4 is 11.1 Å². The van der Waals surface area contributed by atoms with E-state index in [1.807, 2.05) is 0 Å². The molecule has 1 amide bonds. The Morgan fingerprint density at radius 1 is 1.75 bits per heavy atom. The molecular formula is C10H17N3O2S. The Morgan fingerprint density at radius 2 is 2.38 bits per heavy atom. The molecule has 0 bridgehead atoms. The first-order valence-corrected chi connectivity index (χ1v) is 5.90. The Labute approximate surface area is 98.7 Å². The SMILES string of the molecule is CC(O)C(C)(C)NC(=O)c1csc(CN)n1. The zero-order chi connectivity index (χ0) is 12.3. The lowest BCUT2D eigenvalue weighted by molar-refractivity contribution is 0.0706. The molecule has 0 saturated carbocycles. The molecule has 0 aliphatic heterocycles. The number of carbonyl (C=O) groups is 1. The summed E-state index contributed by atoms with van der Waals surface area (Å²) in [7, 11) is 0. The van der Waals surface area contributed by atoms with Gasteiger partial charge in [0.1, 0.15) is 10.7 Å². The molecule has 0 spiro atoms.